The van der Waals surface area contributed by atoms with Crippen LogP contribution in [0.25, 0.3) is 0 Å². The minimum absolute atomic E-state index is 0.0438. The van der Waals surface area contributed by atoms with Gasteiger partial charge in [-0.3, -0.25) is 4.79 Å². The molecule has 4 rings (SSSR count). The Balaban J connectivity index is 0.00000176. The molecule has 4 fully saturated rings. The van der Waals surface area contributed by atoms with Gasteiger partial charge in [0.05, 0.1) is 12.2 Å². The maximum atomic E-state index is 13.2. The summed E-state index contributed by atoms with van der Waals surface area (Å²) >= 11 is 0. The number of hydrogen-bond donors (Lipinski definition) is 4. The molecule has 9 atom stereocenters. The first-order valence-corrected chi connectivity index (χ1v) is 14.5. The standard InChI is InChI=1S/C27H46N2O5.C2H6/c1-25(2,3)34-24(33)29-13-12-28-23(32)20-9-8-19-18-7-6-16-14-17(30)10-11-26(16,4)22(18)21(31)15-27(19,20)5;1-2/h16-22,30-31H,6-15H2,1-5H3,(H,28,32)(H,29,33);1-2H3. The van der Waals surface area contributed by atoms with Crippen molar-refractivity contribution in [2.24, 2.45) is 40.4 Å². The Kier molecular flexibility index (Phi) is 9.08. The van der Waals surface area contributed by atoms with Crippen LogP contribution in [-0.2, 0) is 9.53 Å². The van der Waals surface area contributed by atoms with Crippen LogP contribution in [-0.4, -0.2) is 53.1 Å². The monoisotopic (exact) mass is 508 g/mol. The lowest BCUT2D eigenvalue weighted by Gasteiger charge is -2.62. The van der Waals surface area contributed by atoms with Gasteiger partial charge >= 0.3 is 6.09 Å². The minimum Gasteiger partial charge on any atom is -0.444 e. The number of ether oxygens (including phenoxy) is 1. The van der Waals surface area contributed by atoms with E-state index in [0.29, 0.717) is 37.3 Å². The highest BCUT2D eigenvalue weighted by molar-refractivity contribution is 5.80. The molecule has 0 bridgehead atoms. The van der Waals surface area contributed by atoms with Crippen LogP contribution in [0.2, 0.25) is 0 Å². The summed E-state index contributed by atoms with van der Waals surface area (Å²) in [5, 5.41) is 27.5. The van der Waals surface area contributed by atoms with E-state index in [1.807, 2.05) is 34.6 Å². The lowest BCUT2D eigenvalue weighted by atomic mass is 9.44. The van der Waals surface area contributed by atoms with Crippen LogP contribution in [0.4, 0.5) is 4.79 Å². The molecule has 9 unspecified atom stereocenters. The number of aliphatic hydroxyl groups is 2. The van der Waals surface area contributed by atoms with E-state index in [1.54, 1.807) is 0 Å². The van der Waals surface area contributed by atoms with E-state index in [2.05, 4.69) is 24.5 Å². The van der Waals surface area contributed by atoms with Crippen molar-refractivity contribution in [1.29, 1.82) is 0 Å². The topological polar surface area (TPSA) is 108 Å². The second-order valence-corrected chi connectivity index (χ2v) is 13.1. The van der Waals surface area contributed by atoms with E-state index in [4.69, 9.17) is 4.74 Å². The molecule has 4 aliphatic carbocycles. The summed E-state index contributed by atoms with van der Waals surface area (Å²) in [6, 6.07) is 0. The van der Waals surface area contributed by atoms with Crippen LogP contribution >= 0.6 is 0 Å². The van der Waals surface area contributed by atoms with Gasteiger partial charge in [-0.15, -0.1) is 0 Å². The smallest absolute Gasteiger partial charge is 0.407 e. The van der Waals surface area contributed by atoms with Gasteiger partial charge in [0.2, 0.25) is 5.91 Å². The van der Waals surface area contributed by atoms with Gasteiger partial charge in [0.1, 0.15) is 5.60 Å². The van der Waals surface area contributed by atoms with Gasteiger partial charge in [-0.05, 0) is 107 Å². The number of carbonyl (C=O) groups is 2. The summed E-state index contributed by atoms with van der Waals surface area (Å²) in [6.45, 7) is 14.7. The first kappa shape index (κ1) is 29.2. The first-order chi connectivity index (χ1) is 16.8. The van der Waals surface area contributed by atoms with Crippen LogP contribution in [0, 0.1) is 40.4 Å². The fourth-order valence-corrected chi connectivity index (χ4v) is 8.58. The van der Waals surface area contributed by atoms with Crippen LogP contribution in [0.5, 0.6) is 0 Å². The molecule has 0 aromatic rings. The highest BCUT2D eigenvalue weighted by Crippen LogP contribution is 2.67. The predicted octanol–water partition coefficient (Wildman–Crippen LogP) is 4.64. The Morgan fingerprint density at radius 2 is 1.61 bits per heavy atom. The van der Waals surface area contributed by atoms with Crippen LogP contribution in [0.15, 0.2) is 0 Å². The Bertz CT molecular complexity index is 782. The number of nitrogens with one attached hydrogen (secondary N) is 2. The van der Waals surface area contributed by atoms with E-state index >= 15 is 0 Å². The molecule has 0 saturated heterocycles. The number of amides is 2. The average molecular weight is 509 g/mol. The minimum atomic E-state index is -0.548. The van der Waals surface area contributed by atoms with Gasteiger partial charge in [-0.25, -0.2) is 4.79 Å². The zero-order valence-corrected chi connectivity index (χ0v) is 23.7. The van der Waals surface area contributed by atoms with Crippen LogP contribution in [0.3, 0.4) is 0 Å². The number of fused-ring (bicyclic) bond motifs is 5. The molecule has 0 heterocycles. The number of hydrogen-bond acceptors (Lipinski definition) is 5. The fraction of sp³-hybridized carbons (Fsp3) is 0.931. The fourth-order valence-electron chi connectivity index (χ4n) is 8.58. The molecule has 2 amide bonds. The molecule has 0 aromatic carbocycles. The maximum absolute atomic E-state index is 13.2. The molecule has 208 valence electrons. The molecule has 0 radical (unpaired) electrons. The number of alkyl carbamates (subject to hydrolysis) is 1. The highest BCUT2D eigenvalue weighted by Gasteiger charge is 2.63. The molecule has 0 spiro atoms. The summed E-state index contributed by atoms with van der Waals surface area (Å²) in [6.07, 6.45) is 6.46. The Morgan fingerprint density at radius 3 is 2.28 bits per heavy atom. The van der Waals surface area contributed by atoms with Crippen molar-refractivity contribution >= 4 is 12.0 Å². The van der Waals surface area contributed by atoms with E-state index in [0.717, 1.165) is 44.9 Å². The van der Waals surface area contributed by atoms with Crippen molar-refractivity contribution in [2.45, 2.75) is 118 Å². The number of rotatable bonds is 4. The van der Waals surface area contributed by atoms with Crippen molar-refractivity contribution in [3.05, 3.63) is 0 Å². The summed E-state index contributed by atoms with van der Waals surface area (Å²) in [7, 11) is 0. The molecule has 0 aliphatic heterocycles. The predicted molar refractivity (Wildman–Crippen MR) is 141 cm³/mol. The van der Waals surface area contributed by atoms with E-state index in [1.165, 1.54) is 0 Å². The number of aliphatic hydroxyl groups excluding tert-OH is 2. The van der Waals surface area contributed by atoms with Crippen LogP contribution < -0.4 is 10.6 Å². The van der Waals surface area contributed by atoms with Gasteiger partial charge < -0.3 is 25.6 Å². The largest absolute Gasteiger partial charge is 0.444 e. The third kappa shape index (κ3) is 5.72. The second-order valence-electron chi connectivity index (χ2n) is 13.1. The Morgan fingerprint density at radius 1 is 0.944 bits per heavy atom. The van der Waals surface area contributed by atoms with Crippen molar-refractivity contribution in [3.63, 3.8) is 0 Å². The van der Waals surface area contributed by atoms with Gasteiger partial charge in [0, 0.05) is 19.0 Å². The maximum Gasteiger partial charge on any atom is 0.407 e. The Hall–Kier alpha value is -1.34. The van der Waals surface area contributed by atoms with Gasteiger partial charge in [-0.2, -0.15) is 0 Å². The van der Waals surface area contributed by atoms with Crippen LogP contribution in [0.1, 0.15) is 99.8 Å². The quantitative estimate of drug-likeness (QED) is 0.414. The third-order valence-corrected chi connectivity index (χ3v) is 9.98. The van der Waals surface area contributed by atoms with Crippen molar-refractivity contribution in [1.82, 2.24) is 10.6 Å². The van der Waals surface area contributed by atoms with E-state index < -0.39 is 17.8 Å². The van der Waals surface area contributed by atoms with Gasteiger partial charge in [0.25, 0.3) is 0 Å². The zero-order chi connectivity index (χ0) is 26.9. The lowest BCUT2D eigenvalue weighted by molar-refractivity contribution is -0.179. The van der Waals surface area contributed by atoms with E-state index in [9.17, 15) is 19.8 Å². The van der Waals surface area contributed by atoms with Crippen molar-refractivity contribution in [3.8, 4) is 0 Å². The molecule has 4 N–H and O–H groups in total. The molecular formula is C29H52N2O5. The lowest BCUT2D eigenvalue weighted by Crippen LogP contribution is -2.59. The second kappa shape index (κ2) is 11.2. The third-order valence-electron chi connectivity index (χ3n) is 9.98. The molecule has 36 heavy (non-hydrogen) atoms. The first-order valence-electron chi connectivity index (χ1n) is 14.5. The molecule has 4 aliphatic rings. The SMILES string of the molecule is CC.CC(C)(C)OC(=O)NCCNC(=O)C1CCC2C3CCC4CC(O)CCC4(C)C3C(O)CC12C. The highest BCUT2D eigenvalue weighted by atomic mass is 16.6. The normalized spacial score (nSPS) is 41.5. The summed E-state index contributed by atoms with van der Waals surface area (Å²) < 4.78 is 5.24. The van der Waals surface area contributed by atoms with Gasteiger partial charge in [-0.1, -0.05) is 27.7 Å². The molecule has 4 saturated carbocycles. The van der Waals surface area contributed by atoms with E-state index in [-0.39, 0.29) is 34.7 Å². The molecule has 7 heteroatoms. The number of carbonyl (C=O) groups excluding carboxylic acids is 2. The Labute approximate surface area is 218 Å². The zero-order valence-electron chi connectivity index (χ0n) is 23.7. The summed E-state index contributed by atoms with van der Waals surface area (Å²) in [5.74, 6) is 1.62. The average Bonchev–Trinajstić information content (AvgIpc) is 3.13. The molecule has 7 nitrogen and oxygen atoms in total. The van der Waals surface area contributed by atoms with Crippen molar-refractivity contribution in [2.75, 3.05) is 13.1 Å². The summed E-state index contributed by atoms with van der Waals surface area (Å²) in [5.41, 5.74) is -0.648. The van der Waals surface area contributed by atoms with Crippen molar-refractivity contribution < 1.29 is 24.5 Å². The van der Waals surface area contributed by atoms with Gasteiger partial charge in [0.15, 0.2) is 0 Å². The molecule has 0 aromatic heterocycles. The molecular weight excluding hydrogens is 456 g/mol. The summed E-state index contributed by atoms with van der Waals surface area (Å²) in [4.78, 5) is 25.0.